The van der Waals surface area contributed by atoms with E-state index in [0.717, 1.165) is 6.07 Å². The van der Waals surface area contributed by atoms with Crippen molar-refractivity contribution in [1.29, 1.82) is 0 Å². The Morgan fingerprint density at radius 1 is 1.21 bits per heavy atom. The minimum atomic E-state index is -0.647. The molecule has 0 aliphatic heterocycles. The van der Waals surface area contributed by atoms with E-state index in [1.54, 1.807) is 0 Å². The van der Waals surface area contributed by atoms with Crippen LogP contribution < -0.4 is 5.69 Å². The number of rotatable bonds is 2. The highest BCUT2D eigenvalue weighted by Gasteiger charge is 2.08. The van der Waals surface area contributed by atoms with Crippen molar-refractivity contribution >= 4 is 11.2 Å². The first-order valence-electron chi connectivity index (χ1n) is 5.49. The molecule has 0 aliphatic carbocycles. The van der Waals surface area contributed by atoms with Crippen molar-refractivity contribution in [3.05, 3.63) is 57.9 Å². The van der Waals surface area contributed by atoms with Crippen LogP contribution in [0, 0.1) is 11.6 Å². The number of halogens is 2. The number of aromatic amines is 2. The van der Waals surface area contributed by atoms with Gasteiger partial charge in [0.2, 0.25) is 0 Å². The SMILES string of the molecule is O=c1[nH]c2cnc(Cc3ccc(F)cc3F)nc2[nH]1. The largest absolute Gasteiger partial charge is 0.325 e. The molecule has 2 heterocycles. The quantitative estimate of drug-likeness (QED) is 0.735. The first kappa shape index (κ1) is 11.5. The standard InChI is InChI=1S/C12H8F2N4O/c13-7-2-1-6(8(14)4-7)3-10-15-5-9-11(17-10)18-12(19)16-9/h1-2,4-5H,3H2,(H2,15,16,17,18,19). The molecular formula is C12H8F2N4O. The van der Waals surface area contributed by atoms with Crippen molar-refractivity contribution < 1.29 is 8.78 Å². The minimum absolute atomic E-state index is 0.120. The van der Waals surface area contributed by atoms with Gasteiger partial charge in [-0.25, -0.2) is 23.5 Å². The molecule has 0 saturated carbocycles. The highest BCUT2D eigenvalue weighted by Crippen LogP contribution is 2.13. The normalized spacial score (nSPS) is 11.1. The van der Waals surface area contributed by atoms with E-state index in [1.165, 1.54) is 18.3 Å². The molecule has 7 heteroatoms. The summed E-state index contributed by atoms with van der Waals surface area (Å²) >= 11 is 0. The molecule has 3 aromatic rings. The van der Waals surface area contributed by atoms with Gasteiger partial charge in [0.1, 0.15) is 23.0 Å². The van der Waals surface area contributed by atoms with E-state index in [1.807, 2.05) is 0 Å². The van der Waals surface area contributed by atoms with Crippen molar-refractivity contribution in [2.24, 2.45) is 0 Å². The van der Waals surface area contributed by atoms with Gasteiger partial charge in [0.25, 0.3) is 0 Å². The van der Waals surface area contributed by atoms with Crippen LogP contribution in [0.2, 0.25) is 0 Å². The lowest BCUT2D eigenvalue weighted by Gasteiger charge is -2.02. The second-order valence-electron chi connectivity index (χ2n) is 4.04. The molecule has 0 aliphatic rings. The van der Waals surface area contributed by atoms with E-state index in [2.05, 4.69) is 19.9 Å². The fraction of sp³-hybridized carbons (Fsp3) is 0.0833. The van der Waals surface area contributed by atoms with E-state index >= 15 is 0 Å². The van der Waals surface area contributed by atoms with Crippen molar-refractivity contribution in [3.63, 3.8) is 0 Å². The number of nitrogens with zero attached hydrogens (tertiary/aromatic N) is 2. The molecule has 96 valence electrons. The molecule has 0 amide bonds. The minimum Gasteiger partial charge on any atom is -0.303 e. The monoisotopic (exact) mass is 262 g/mol. The lowest BCUT2D eigenvalue weighted by Crippen LogP contribution is -2.00. The summed E-state index contributed by atoms with van der Waals surface area (Å²) in [6.45, 7) is 0. The van der Waals surface area contributed by atoms with E-state index < -0.39 is 11.6 Å². The number of hydrogen-bond acceptors (Lipinski definition) is 3. The Labute approximate surface area is 105 Å². The first-order valence-corrected chi connectivity index (χ1v) is 5.49. The van der Waals surface area contributed by atoms with Crippen LogP contribution in [0.15, 0.2) is 29.2 Å². The van der Waals surface area contributed by atoms with Gasteiger partial charge in [-0.3, -0.25) is 4.98 Å². The molecule has 0 saturated heterocycles. The summed E-state index contributed by atoms with van der Waals surface area (Å²) in [7, 11) is 0. The molecular weight excluding hydrogens is 254 g/mol. The Morgan fingerprint density at radius 2 is 2.05 bits per heavy atom. The summed E-state index contributed by atoms with van der Waals surface area (Å²) < 4.78 is 26.3. The average molecular weight is 262 g/mol. The third-order valence-electron chi connectivity index (χ3n) is 2.68. The van der Waals surface area contributed by atoms with Gasteiger partial charge in [-0.1, -0.05) is 6.07 Å². The van der Waals surface area contributed by atoms with Crippen LogP contribution in [0.5, 0.6) is 0 Å². The topological polar surface area (TPSA) is 74.4 Å². The van der Waals surface area contributed by atoms with Crippen molar-refractivity contribution in [2.45, 2.75) is 6.42 Å². The number of H-pyrrole nitrogens is 2. The highest BCUT2D eigenvalue weighted by atomic mass is 19.1. The molecule has 0 fully saturated rings. The summed E-state index contributed by atoms with van der Waals surface area (Å²) in [6, 6.07) is 3.33. The molecule has 0 atom stereocenters. The van der Waals surface area contributed by atoms with Crippen LogP contribution in [0.25, 0.3) is 11.2 Å². The molecule has 0 bridgehead atoms. The molecule has 0 unspecified atom stereocenters. The predicted molar refractivity (Wildman–Crippen MR) is 63.7 cm³/mol. The van der Waals surface area contributed by atoms with Gasteiger partial charge < -0.3 is 4.98 Å². The Bertz CT molecular complexity index is 809. The maximum Gasteiger partial charge on any atom is 0.325 e. The lowest BCUT2D eigenvalue weighted by molar-refractivity contribution is 0.573. The summed E-state index contributed by atoms with van der Waals surface area (Å²) in [5.74, 6) is -0.938. The Balaban J connectivity index is 1.98. The highest BCUT2D eigenvalue weighted by molar-refractivity contribution is 5.68. The molecule has 5 nitrogen and oxygen atoms in total. The zero-order valence-electron chi connectivity index (χ0n) is 9.58. The molecule has 1 aromatic carbocycles. The summed E-state index contributed by atoms with van der Waals surface area (Å²) in [5.41, 5.74) is 0.749. The maximum absolute atomic E-state index is 13.5. The number of imidazole rings is 1. The van der Waals surface area contributed by atoms with Crippen molar-refractivity contribution in [3.8, 4) is 0 Å². The second kappa shape index (κ2) is 4.27. The van der Waals surface area contributed by atoms with Gasteiger partial charge in [-0.05, 0) is 11.6 Å². The molecule has 2 N–H and O–H groups in total. The molecule has 0 radical (unpaired) electrons. The third kappa shape index (κ3) is 2.22. The van der Waals surface area contributed by atoms with E-state index in [-0.39, 0.29) is 12.1 Å². The predicted octanol–water partition coefficient (Wildman–Crippen LogP) is 1.52. The van der Waals surface area contributed by atoms with Gasteiger partial charge in [-0.15, -0.1) is 0 Å². The van der Waals surface area contributed by atoms with E-state index in [4.69, 9.17) is 0 Å². The van der Waals surface area contributed by atoms with Crippen LogP contribution >= 0.6 is 0 Å². The van der Waals surface area contributed by atoms with Gasteiger partial charge in [0.15, 0.2) is 5.65 Å². The van der Waals surface area contributed by atoms with E-state index in [9.17, 15) is 13.6 Å². The van der Waals surface area contributed by atoms with Crippen LogP contribution in [0.3, 0.4) is 0 Å². The van der Waals surface area contributed by atoms with Crippen LogP contribution in [-0.2, 0) is 6.42 Å². The lowest BCUT2D eigenvalue weighted by atomic mass is 10.1. The Morgan fingerprint density at radius 3 is 2.84 bits per heavy atom. The number of fused-ring (bicyclic) bond motifs is 1. The van der Waals surface area contributed by atoms with Crippen molar-refractivity contribution in [1.82, 2.24) is 19.9 Å². The summed E-state index contributed by atoms with van der Waals surface area (Å²) in [4.78, 5) is 24.2. The number of aromatic nitrogens is 4. The number of benzene rings is 1. The van der Waals surface area contributed by atoms with E-state index in [0.29, 0.717) is 22.6 Å². The van der Waals surface area contributed by atoms with Gasteiger partial charge >= 0.3 is 5.69 Å². The molecule has 19 heavy (non-hydrogen) atoms. The fourth-order valence-corrected chi connectivity index (χ4v) is 1.79. The average Bonchev–Trinajstić information content (AvgIpc) is 2.72. The summed E-state index contributed by atoms with van der Waals surface area (Å²) in [5, 5.41) is 0. The molecule has 2 aromatic heterocycles. The van der Waals surface area contributed by atoms with Gasteiger partial charge in [0, 0.05) is 12.5 Å². The smallest absolute Gasteiger partial charge is 0.303 e. The fourth-order valence-electron chi connectivity index (χ4n) is 1.79. The van der Waals surface area contributed by atoms with Crippen LogP contribution in [0.1, 0.15) is 11.4 Å². The molecule has 3 rings (SSSR count). The van der Waals surface area contributed by atoms with Crippen LogP contribution in [0.4, 0.5) is 8.78 Å². The first-order chi connectivity index (χ1) is 9.11. The summed E-state index contributed by atoms with van der Waals surface area (Å²) in [6.07, 6.45) is 1.56. The molecule has 0 spiro atoms. The second-order valence-corrected chi connectivity index (χ2v) is 4.04. The zero-order chi connectivity index (χ0) is 13.4. The van der Waals surface area contributed by atoms with Gasteiger partial charge in [-0.2, -0.15) is 0 Å². The van der Waals surface area contributed by atoms with Gasteiger partial charge in [0.05, 0.1) is 6.20 Å². The maximum atomic E-state index is 13.5. The third-order valence-corrected chi connectivity index (χ3v) is 2.68. The Kier molecular flexibility index (Phi) is 2.59. The zero-order valence-corrected chi connectivity index (χ0v) is 9.58. The van der Waals surface area contributed by atoms with Crippen molar-refractivity contribution in [2.75, 3.05) is 0 Å². The Hall–Kier alpha value is -2.57. The number of nitrogens with one attached hydrogen (secondary N) is 2. The number of hydrogen-bond donors (Lipinski definition) is 2. The van der Waals surface area contributed by atoms with Crippen LogP contribution in [-0.4, -0.2) is 19.9 Å².